The van der Waals surface area contributed by atoms with Gasteiger partial charge in [-0.15, -0.1) is 0 Å². The average molecular weight is 531 g/mol. The zero-order valence-electron chi connectivity index (χ0n) is 25.6. The molecule has 36 heavy (non-hydrogen) atoms. The largest absolute Gasteiger partial charge is 0.467 e. The molecule has 1 aliphatic carbocycles. The molecular weight excluding hydrogens is 477 g/mol. The standard InChI is InChI=1S/C31H54O3Si2/c1-21(2)36(22(3)4,23(5)6)33-18-17-24(7)27-15-14-16-29(32)28(27)20-26-19-25(8)30(34-26)35(12,13)31(9,10)11/h17,19-23,27H,14-16,18H2,1-13H3/b24-17+,28-20+. The fourth-order valence-corrected chi connectivity index (χ4v) is 13.8. The van der Waals surface area contributed by atoms with Crippen molar-refractivity contribution in [2.45, 2.75) is 130 Å². The summed E-state index contributed by atoms with van der Waals surface area (Å²) >= 11 is 0. The Labute approximate surface area is 224 Å². The summed E-state index contributed by atoms with van der Waals surface area (Å²) in [5.41, 5.74) is 5.07. The summed E-state index contributed by atoms with van der Waals surface area (Å²) in [6, 6.07) is 2.14. The van der Waals surface area contributed by atoms with Crippen molar-refractivity contribution in [1.29, 1.82) is 0 Å². The second-order valence-electron chi connectivity index (χ2n) is 13.6. The topological polar surface area (TPSA) is 39.4 Å². The van der Waals surface area contributed by atoms with E-state index in [2.05, 4.69) is 101 Å². The van der Waals surface area contributed by atoms with Gasteiger partial charge in [0, 0.05) is 17.9 Å². The van der Waals surface area contributed by atoms with Gasteiger partial charge in [-0.2, -0.15) is 0 Å². The molecule has 1 heterocycles. The van der Waals surface area contributed by atoms with Crippen LogP contribution in [0.5, 0.6) is 0 Å². The van der Waals surface area contributed by atoms with E-state index in [1.807, 2.05) is 6.08 Å². The minimum absolute atomic E-state index is 0.143. The van der Waals surface area contributed by atoms with Crippen molar-refractivity contribution in [2.75, 3.05) is 6.61 Å². The molecule has 0 aliphatic heterocycles. The Kier molecular flexibility index (Phi) is 10.1. The summed E-state index contributed by atoms with van der Waals surface area (Å²) in [6.45, 7) is 30.6. The molecule has 0 aromatic carbocycles. The van der Waals surface area contributed by atoms with Crippen LogP contribution in [-0.2, 0) is 9.22 Å². The second-order valence-corrected chi connectivity index (χ2v) is 24.2. The highest BCUT2D eigenvalue weighted by molar-refractivity contribution is 6.91. The fraction of sp³-hybridized carbons (Fsp3) is 0.710. The normalized spacial score (nSPS) is 19.9. The number of hydrogen-bond acceptors (Lipinski definition) is 3. The number of aryl methyl sites for hydroxylation is 1. The molecule has 5 heteroatoms. The lowest BCUT2D eigenvalue weighted by atomic mass is 9.78. The molecule has 0 saturated heterocycles. The Hall–Kier alpha value is -1.18. The monoisotopic (exact) mass is 530 g/mol. The lowest BCUT2D eigenvalue weighted by molar-refractivity contribution is -0.116. The van der Waals surface area contributed by atoms with E-state index in [4.69, 9.17) is 8.84 Å². The molecule has 0 N–H and O–H groups in total. The molecule has 0 amide bonds. The maximum absolute atomic E-state index is 13.1. The van der Waals surface area contributed by atoms with Crippen LogP contribution >= 0.6 is 0 Å². The lowest BCUT2D eigenvalue weighted by Crippen LogP contribution is -2.49. The van der Waals surface area contributed by atoms with E-state index >= 15 is 0 Å². The molecular formula is C31H54O3Si2. The van der Waals surface area contributed by atoms with Crippen LogP contribution in [0.3, 0.4) is 0 Å². The van der Waals surface area contributed by atoms with E-state index in [9.17, 15) is 4.79 Å². The van der Waals surface area contributed by atoms with Gasteiger partial charge in [0.2, 0.25) is 8.32 Å². The summed E-state index contributed by atoms with van der Waals surface area (Å²) in [5, 5.41) is 1.35. The maximum Gasteiger partial charge on any atom is 0.200 e. The third-order valence-electron chi connectivity index (χ3n) is 9.27. The van der Waals surface area contributed by atoms with Crippen LogP contribution < -0.4 is 5.38 Å². The predicted molar refractivity (Wildman–Crippen MR) is 161 cm³/mol. The molecule has 0 radical (unpaired) electrons. The molecule has 0 spiro atoms. The van der Waals surface area contributed by atoms with E-state index in [1.165, 1.54) is 11.1 Å². The molecule has 1 unspecified atom stereocenters. The Morgan fingerprint density at radius 2 is 1.67 bits per heavy atom. The molecule has 1 aromatic rings. The first-order valence-corrected chi connectivity index (χ1v) is 19.3. The van der Waals surface area contributed by atoms with E-state index in [0.717, 1.165) is 29.6 Å². The van der Waals surface area contributed by atoms with Gasteiger partial charge in [-0.1, -0.05) is 87.1 Å². The van der Waals surface area contributed by atoms with Crippen LogP contribution in [0.2, 0.25) is 34.8 Å². The predicted octanol–water partition coefficient (Wildman–Crippen LogP) is 9.19. The van der Waals surface area contributed by atoms with Crippen LogP contribution in [0.15, 0.2) is 27.7 Å². The highest BCUT2D eigenvalue weighted by Crippen LogP contribution is 2.42. The molecule has 1 atom stereocenters. The molecule has 204 valence electrons. The highest BCUT2D eigenvalue weighted by atomic mass is 28.4. The second kappa shape index (κ2) is 11.7. The van der Waals surface area contributed by atoms with Crippen molar-refractivity contribution in [2.24, 2.45) is 5.92 Å². The molecule has 3 nitrogen and oxygen atoms in total. The first-order chi connectivity index (χ1) is 16.5. The Balaban J connectivity index is 2.36. The number of furan rings is 1. The summed E-state index contributed by atoms with van der Waals surface area (Å²) in [6.07, 6.45) is 6.88. The van der Waals surface area contributed by atoms with Crippen LogP contribution in [0.25, 0.3) is 6.08 Å². The molecule has 1 saturated carbocycles. The van der Waals surface area contributed by atoms with Gasteiger partial charge in [-0.3, -0.25) is 4.79 Å². The average Bonchev–Trinajstić information content (AvgIpc) is 3.11. The minimum atomic E-state index is -1.91. The molecule has 1 aromatic heterocycles. The van der Waals surface area contributed by atoms with Gasteiger partial charge >= 0.3 is 0 Å². The van der Waals surface area contributed by atoms with E-state index in [0.29, 0.717) is 29.7 Å². The van der Waals surface area contributed by atoms with Gasteiger partial charge in [0.1, 0.15) is 13.8 Å². The zero-order valence-corrected chi connectivity index (χ0v) is 27.6. The van der Waals surface area contributed by atoms with Gasteiger partial charge in [0.25, 0.3) is 0 Å². The summed E-state index contributed by atoms with van der Waals surface area (Å²) in [5.74, 6) is 1.24. The van der Waals surface area contributed by atoms with Gasteiger partial charge in [0.15, 0.2) is 5.78 Å². The zero-order chi connectivity index (χ0) is 27.6. The van der Waals surface area contributed by atoms with Crippen LogP contribution in [0, 0.1) is 12.8 Å². The molecule has 1 fully saturated rings. The number of rotatable bonds is 9. The first-order valence-electron chi connectivity index (χ1n) is 14.1. The third kappa shape index (κ3) is 6.27. The van der Waals surface area contributed by atoms with Crippen molar-refractivity contribution in [1.82, 2.24) is 0 Å². The number of allylic oxidation sites excluding steroid dienone is 2. The van der Waals surface area contributed by atoms with E-state index in [1.54, 1.807) is 0 Å². The van der Waals surface area contributed by atoms with Crippen LogP contribution in [-0.4, -0.2) is 28.8 Å². The lowest BCUT2D eigenvalue weighted by Gasteiger charge is -2.42. The summed E-state index contributed by atoms with van der Waals surface area (Å²) in [4.78, 5) is 13.1. The van der Waals surface area contributed by atoms with Crippen LogP contribution in [0.1, 0.15) is 99.8 Å². The highest BCUT2D eigenvalue weighted by Gasteiger charge is 2.45. The van der Waals surface area contributed by atoms with Crippen molar-refractivity contribution < 1.29 is 13.6 Å². The number of hydrogen-bond donors (Lipinski definition) is 0. The molecule has 1 aliphatic rings. The van der Waals surface area contributed by atoms with Crippen molar-refractivity contribution in [3.05, 3.63) is 34.6 Å². The quantitative estimate of drug-likeness (QED) is 0.181. The van der Waals surface area contributed by atoms with Crippen LogP contribution in [0.4, 0.5) is 0 Å². The summed E-state index contributed by atoms with van der Waals surface area (Å²) in [7, 11) is -3.70. The van der Waals surface area contributed by atoms with Gasteiger partial charge in [0.05, 0.1) is 12.0 Å². The van der Waals surface area contributed by atoms with Crippen molar-refractivity contribution in [3.8, 4) is 0 Å². The van der Waals surface area contributed by atoms with Crippen molar-refractivity contribution in [3.63, 3.8) is 0 Å². The Bertz CT molecular complexity index is 949. The maximum atomic E-state index is 13.1. The van der Waals surface area contributed by atoms with E-state index in [-0.39, 0.29) is 16.7 Å². The SMILES string of the molecule is C/C(=C\CO[Si](C(C)C)(C(C)C)C(C)C)C1CCCC(=O)/C1=C/c1cc(C)c([Si](C)(C)C(C)(C)C)o1. The number of carbonyl (C=O) groups is 1. The van der Waals surface area contributed by atoms with Crippen molar-refractivity contribution >= 4 is 33.6 Å². The smallest absolute Gasteiger partial charge is 0.200 e. The first kappa shape index (κ1) is 31.0. The Morgan fingerprint density at radius 1 is 1.11 bits per heavy atom. The Morgan fingerprint density at radius 3 is 2.17 bits per heavy atom. The van der Waals surface area contributed by atoms with E-state index < -0.39 is 16.4 Å². The van der Waals surface area contributed by atoms with Gasteiger partial charge in [-0.05, 0) is 66.1 Å². The molecule has 2 rings (SSSR count). The number of carbonyl (C=O) groups excluding carboxylic acids is 1. The minimum Gasteiger partial charge on any atom is -0.467 e. The summed E-state index contributed by atoms with van der Waals surface area (Å²) < 4.78 is 13.3. The third-order valence-corrected chi connectivity index (χ3v) is 20.7. The van der Waals surface area contributed by atoms with Gasteiger partial charge < -0.3 is 8.84 Å². The fourth-order valence-electron chi connectivity index (χ4n) is 6.27. The van der Waals surface area contributed by atoms with Gasteiger partial charge in [-0.25, -0.2) is 0 Å². The number of Topliss-reactive ketones (excluding diaryl/α,β-unsaturated/α-hetero) is 1. The molecule has 0 bridgehead atoms. The number of ketones is 1.